The maximum Gasteiger partial charge on any atom is 0.315 e. The van der Waals surface area contributed by atoms with Crippen LogP contribution < -0.4 is 10.6 Å². The Kier molecular flexibility index (Phi) is 4.08. The van der Waals surface area contributed by atoms with Gasteiger partial charge in [-0.1, -0.05) is 25.0 Å². The van der Waals surface area contributed by atoms with E-state index in [0.29, 0.717) is 6.04 Å². The van der Waals surface area contributed by atoms with Crippen LogP contribution in [0.2, 0.25) is 0 Å². The molecule has 0 spiro atoms. The van der Waals surface area contributed by atoms with Crippen LogP contribution in [0.5, 0.6) is 0 Å². The van der Waals surface area contributed by atoms with Gasteiger partial charge in [0.15, 0.2) is 0 Å². The van der Waals surface area contributed by atoms with Gasteiger partial charge in [0.1, 0.15) is 5.82 Å². The van der Waals surface area contributed by atoms with Crippen molar-refractivity contribution in [3.05, 3.63) is 35.6 Å². The fraction of sp³-hybridized carbons (Fsp3) is 0.533. The van der Waals surface area contributed by atoms with Crippen molar-refractivity contribution >= 4 is 6.03 Å². The van der Waals surface area contributed by atoms with Gasteiger partial charge < -0.3 is 10.6 Å². The molecule has 1 aromatic rings. The summed E-state index contributed by atoms with van der Waals surface area (Å²) in [5, 5.41) is 5.94. The number of rotatable bonds is 3. The normalized spacial score (nSPS) is 16.4. The summed E-state index contributed by atoms with van der Waals surface area (Å²) < 4.78 is 12.9. The first-order valence-electron chi connectivity index (χ1n) is 6.82. The third-order valence-corrected chi connectivity index (χ3v) is 3.68. The molecule has 4 heteroatoms. The Labute approximate surface area is 113 Å². The van der Waals surface area contributed by atoms with Crippen molar-refractivity contribution in [2.45, 2.75) is 51.1 Å². The number of hydrogen-bond donors (Lipinski definition) is 2. The minimum Gasteiger partial charge on any atom is -0.335 e. The van der Waals surface area contributed by atoms with Crippen LogP contribution in [0.4, 0.5) is 9.18 Å². The van der Waals surface area contributed by atoms with E-state index in [1.807, 2.05) is 13.8 Å². The second kappa shape index (κ2) is 5.59. The molecule has 1 fully saturated rings. The SMILES string of the molecule is CC(C)(NC(=O)NC1CCCC1)c1ccc(F)cc1. The Morgan fingerprint density at radius 2 is 1.79 bits per heavy atom. The number of urea groups is 1. The summed E-state index contributed by atoms with van der Waals surface area (Å²) in [5.41, 5.74) is 0.367. The van der Waals surface area contributed by atoms with Crippen LogP contribution in [0.15, 0.2) is 24.3 Å². The molecule has 3 nitrogen and oxygen atoms in total. The highest BCUT2D eigenvalue weighted by atomic mass is 19.1. The van der Waals surface area contributed by atoms with Crippen molar-refractivity contribution < 1.29 is 9.18 Å². The molecule has 0 aliphatic heterocycles. The van der Waals surface area contributed by atoms with Crippen LogP contribution in [0.3, 0.4) is 0 Å². The van der Waals surface area contributed by atoms with Crippen molar-refractivity contribution in [3.8, 4) is 0 Å². The zero-order chi connectivity index (χ0) is 13.9. The summed E-state index contributed by atoms with van der Waals surface area (Å²) >= 11 is 0. The third-order valence-electron chi connectivity index (χ3n) is 3.68. The summed E-state index contributed by atoms with van der Waals surface area (Å²) in [6.07, 6.45) is 4.49. The minimum absolute atomic E-state index is 0.152. The van der Waals surface area contributed by atoms with Crippen molar-refractivity contribution in [2.75, 3.05) is 0 Å². The fourth-order valence-electron chi connectivity index (χ4n) is 2.51. The number of hydrogen-bond acceptors (Lipinski definition) is 1. The number of amides is 2. The lowest BCUT2D eigenvalue weighted by Gasteiger charge is -2.28. The molecule has 0 heterocycles. The molecule has 2 rings (SSSR count). The van der Waals surface area contributed by atoms with Crippen LogP contribution in [0.25, 0.3) is 0 Å². The first kappa shape index (κ1) is 13.8. The van der Waals surface area contributed by atoms with Crippen molar-refractivity contribution in [2.24, 2.45) is 0 Å². The summed E-state index contributed by atoms with van der Waals surface area (Å²) in [5.74, 6) is -0.269. The van der Waals surface area contributed by atoms with Crippen LogP contribution in [0.1, 0.15) is 45.1 Å². The van der Waals surface area contributed by atoms with Crippen molar-refractivity contribution in [1.29, 1.82) is 0 Å². The van der Waals surface area contributed by atoms with Crippen LogP contribution in [-0.2, 0) is 5.54 Å². The lowest BCUT2D eigenvalue weighted by Crippen LogP contribution is -2.48. The van der Waals surface area contributed by atoms with Gasteiger partial charge in [0.05, 0.1) is 5.54 Å². The number of carbonyl (C=O) groups excluding carboxylic acids is 1. The van der Waals surface area contributed by atoms with E-state index in [9.17, 15) is 9.18 Å². The average molecular weight is 264 g/mol. The maximum absolute atomic E-state index is 12.9. The Hall–Kier alpha value is -1.58. The van der Waals surface area contributed by atoms with E-state index in [1.165, 1.54) is 25.0 Å². The predicted octanol–water partition coefficient (Wildman–Crippen LogP) is 3.30. The molecule has 0 aromatic heterocycles. The molecule has 0 radical (unpaired) electrons. The highest BCUT2D eigenvalue weighted by Crippen LogP contribution is 2.21. The van der Waals surface area contributed by atoms with E-state index in [-0.39, 0.29) is 11.8 Å². The lowest BCUT2D eigenvalue weighted by atomic mass is 9.94. The molecule has 0 unspecified atom stereocenters. The Morgan fingerprint density at radius 1 is 1.21 bits per heavy atom. The Morgan fingerprint density at radius 3 is 2.37 bits per heavy atom. The van der Waals surface area contributed by atoms with Gasteiger partial charge in [0.2, 0.25) is 0 Å². The molecule has 0 atom stereocenters. The van der Waals surface area contributed by atoms with Crippen LogP contribution in [0, 0.1) is 5.82 Å². The molecule has 104 valence electrons. The molecule has 2 amide bonds. The van der Waals surface area contributed by atoms with Gasteiger partial charge >= 0.3 is 6.03 Å². The van der Waals surface area contributed by atoms with E-state index in [1.54, 1.807) is 12.1 Å². The number of nitrogens with one attached hydrogen (secondary N) is 2. The molecule has 1 aliphatic carbocycles. The van der Waals surface area contributed by atoms with Gasteiger partial charge in [-0.3, -0.25) is 0 Å². The zero-order valence-corrected chi connectivity index (χ0v) is 11.5. The summed E-state index contributed by atoms with van der Waals surface area (Å²) in [6.45, 7) is 3.82. The number of halogens is 1. The largest absolute Gasteiger partial charge is 0.335 e. The lowest BCUT2D eigenvalue weighted by molar-refractivity contribution is 0.226. The first-order valence-corrected chi connectivity index (χ1v) is 6.82. The second-order valence-electron chi connectivity index (χ2n) is 5.71. The monoisotopic (exact) mass is 264 g/mol. The first-order chi connectivity index (χ1) is 8.97. The second-order valence-corrected chi connectivity index (χ2v) is 5.71. The highest BCUT2D eigenvalue weighted by molar-refractivity contribution is 5.75. The third kappa shape index (κ3) is 3.69. The minimum atomic E-state index is -0.517. The average Bonchev–Trinajstić information content (AvgIpc) is 2.81. The van der Waals surface area contributed by atoms with Crippen LogP contribution >= 0.6 is 0 Å². The molecule has 1 aliphatic rings. The molecular formula is C15H21FN2O. The van der Waals surface area contributed by atoms with Gasteiger partial charge in [-0.2, -0.15) is 0 Å². The number of carbonyl (C=O) groups is 1. The van der Waals surface area contributed by atoms with Crippen molar-refractivity contribution in [1.82, 2.24) is 10.6 Å². The highest BCUT2D eigenvalue weighted by Gasteiger charge is 2.24. The van der Waals surface area contributed by atoms with Gasteiger partial charge in [-0.25, -0.2) is 9.18 Å². The summed E-state index contributed by atoms with van der Waals surface area (Å²) in [6, 6.07) is 6.36. The molecule has 1 aromatic carbocycles. The molecule has 0 bridgehead atoms. The van der Waals surface area contributed by atoms with E-state index in [2.05, 4.69) is 10.6 Å². The molecule has 1 saturated carbocycles. The number of benzene rings is 1. The Balaban J connectivity index is 1.95. The quantitative estimate of drug-likeness (QED) is 0.864. The summed E-state index contributed by atoms with van der Waals surface area (Å²) in [7, 11) is 0. The van der Waals surface area contributed by atoms with Crippen LogP contribution in [-0.4, -0.2) is 12.1 Å². The van der Waals surface area contributed by atoms with Gasteiger partial charge in [0, 0.05) is 6.04 Å². The topological polar surface area (TPSA) is 41.1 Å². The fourth-order valence-corrected chi connectivity index (χ4v) is 2.51. The predicted molar refractivity (Wildman–Crippen MR) is 73.3 cm³/mol. The smallest absolute Gasteiger partial charge is 0.315 e. The maximum atomic E-state index is 12.9. The standard InChI is InChI=1S/C15H21FN2O/c1-15(2,11-7-9-12(16)10-8-11)18-14(19)17-13-5-3-4-6-13/h7-10,13H,3-6H2,1-2H3,(H2,17,18,19). The van der Waals surface area contributed by atoms with Gasteiger partial charge in [0.25, 0.3) is 0 Å². The zero-order valence-electron chi connectivity index (χ0n) is 11.5. The Bertz CT molecular complexity index is 436. The molecule has 0 saturated heterocycles. The van der Waals surface area contributed by atoms with Gasteiger partial charge in [-0.15, -0.1) is 0 Å². The van der Waals surface area contributed by atoms with E-state index < -0.39 is 5.54 Å². The molecule has 2 N–H and O–H groups in total. The molecular weight excluding hydrogens is 243 g/mol. The van der Waals surface area contributed by atoms with E-state index in [0.717, 1.165) is 18.4 Å². The van der Waals surface area contributed by atoms with E-state index >= 15 is 0 Å². The van der Waals surface area contributed by atoms with E-state index in [4.69, 9.17) is 0 Å². The molecule has 19 heavy (non-hydrogen) atoms. The van der Waals surface area contributed by atoms with Crippen molar-refractivity contribution in [3.63, 3.8) is 0 Å². The summed E-state index contributed by atoms with van der Waals surface area (Å²) in [4.78, 5) is 12.0. The van der Waals surface area contributed by atoms with Gasteiger partial charge in [-0.05, 0) is 44.4 Å².